The van der Waals surface area contributed by atoms with Gasteiger partial charge in [-0.3, -0.25) is 9.59 Å². The highest BCUT2D eigenvalue weighted by Gasteiger charge is 2.11. The highest BCUT2D eigenvalue weighted by atomic mass is 79.9. The van der Waals surface area contributed by atoms with E-state index >= 15 is 0 Å². The zero-order chi connectivity index (χ0) is 23.6. The van der Waals surface area contributed by atoms with Gasteiger partial charge in [0.05, 0.1) is 13.0 Å². The van der Waals surface area contributed by atoms with Crippen molar-refractivity contribution in [2.75, 3.05) is 11.9 Å². The highest BCUT2D eigenvalue weighted by Crippen LogP contribution is 2.18. The maximum Gasteiger partial charge on any atom is 0.513 e. The van der Waals surface area contributed by atoms with Crippen LogP contribution in [0.25, 0.3) is 0 Å². The maximum atomic E-state index is 12.5. The normalized spacial score (nSPS) is 10.2. The van der Waals surface area contributed by atoms with E-state index in [1.807, 2.05) is 42.5 Å². The van der Waals surface area contributed by atoms with Crippen LogP contribution in [0.4, 0.5) is 10.5 Å². The molecule has 0 radical (unpaired) electrons. The van der Waals surface area contributed by atoms with Crippen molar-refractivity contribution in [1.82, 2.24) is 5.32 Å². The lowest BCUT2D eigenvalue weighted by molar-refractivity contribution is -0.115. The molecule has 2 N–H and O–H groups in total. The predicted molar refractivity (Wildman–Crippen MR) is 128 cm³/mol. The van der Waals surface area contributed by atoms with Crippen LogP contribution in [0.2, 0.25) is 0 Å². The molecule has 2 amide bonds. The summed E-state index contributed by atoms with van der Waals surface area (Å²) in [4.78, 5) is 36.4. The number of para-hydroxylation sites is 1. The van der Waals surface area contributed by atoms with Crippen LogP contribution in [-0.4, -0.2) is 24.6 Å². The number of rotatable bonds is 8. The molecule has 170 valence electrons. The van der Waals surface area contributed by atoms with E-state index in [9.17, 15) is 14.4 Å². The van der Waals surface area contributed by atoms with Crippen LogP contribution in [0.15, 0.2) is 77.3 Å². The number of ether oxygens (including phenoxy) is 2. The molecule has 0 spiro atoms. The van der Waals surface area contributed by atoms with E-state index in [4.69, 9.17) is 9.47 Å². The Morgan fingerprint density at radius 3 is 2.42 bits per heavy atom. The van der Waals surface area contributed by atoms with Gasteiger partial charge in [0.15, 0.2) is 0 Å². The zero-order valence-electron chi connectivity index (χ0n) is 18.0. The van der Waals surface area contributed by atoms with Crippen LogP contribution in [0.1, 0.15) is 28.4 Å². The van der Waals surface area contributed by atoms with Gasteiger partial charge in [-0.15, -0.1) is 0 Å². The van der Waals surface area contributed by atoms with Crippen molar-refractivity contribution < 1.29 is 23.9 Å². The third-order valence-electron chi connectivity index (χ3n) is 4.56. The van der Waals surface area contributed by atoms with E-state index in [0.29, 0.717) is 11.3 Å². The minimum Gasteiger partial charge on any atom is -0.434 e. The lowest BCUT2D eigenvalue weighted by atomic mass is 10.1. The fraction of sp³-hybridized carbons (Fsp3) is 0.160. The molecule has 0 atom stereocenters. The van der Waals surface area contributed by atoms with Gasteiger partial charge in [-0.25, -0.2) is 4.79 Å². The second-order valence-corrected chi connectivity index (χ2v) is 7.92. The molecule has 0 aromatic heterocycles. The number of nitrogens with one attached hydrogen (secondary N) is 2. The fourth-order valence-electron chi connectivity index (χ4n) is 3.02. The Bertz CT molecular complexity index is 1130. The summed E-state index contributed by atoms with van der Waals surface area (Å²) < 4.78 is 10.6. The molecule has 3 aromatic rings. The van der Waals surface area contributed by atoms with E-state index < -0.39 is 6.16 Å². The van der Waals surface area contributed by atoms with Crippen molar-refractivity contribution in [2.24, 2.45) is 0 Å². The van der Waals surface area contributed by atoms with Gasteiger partial charge in [0.1, 0.15) is 5.75 Å². The number of halogens is 1. The zero-order valence-corrected chi connectivity index (χ0v) is 19.6. The van der Waals surface area contributed by atoms with Gasteiger partial charge in [-0.2, -0.15) is 0 Å². The lowest BCUT2D eigenvalue weighted by Crippen LogP contribution is -2.24. The third-order valence-corrected chi connectivity index (χ3v) is 5.06. The second kappa shape index (κ2) is 11.8. The Balaban J connectivity index is 1.57. The average molecular weight is 511 g/mol. The summed E-state index contributed by atoms with van der Waals surface area (Å²) in [6.45, 7) is 2.12. The third kappa shape index (κ3) is 7.47. The summed E-state index contributed by atoms with van der Waals surface area (Å²) in [5, 5.41) is 5.75. The number of carbonyl (C=O) groups is 3. The number of anilines is 1. The van der Waals surface area contributed by atoms with Crippen molar-refractivity contribution in [3.8, 4) is 5.75 Å². The van der Waals surface area contributed by atoms with E-state index in [2.05, 4.69) is 26.6 Å². The fourth-order valence-corrected chi connectivity index (χ4v) is 3.47. The Kier molecular flexibility index (Phi) is 8.60. The summed E-state index contributed by atoms with van der Waals surface area (Å²) >= 11 is 3.40. The molecule has 0 fully saturated rings. The van der Waals surface area contributed by atoms with Crippen LogP contribution in [0.5, 0.6) is 5.75 Å². The Morgan fingerprint density at radius 1 is 0.939 bits per heavy atom. The maximum absolute atomic E-state index is 12.5. The Labute approximate surface area is 200 Å². The predicted octanol–water partition coefficient (Wildman–Crippen LogP) is 5.10. The molecule has 3 aromatic carbocycles. The molecular weight excluding hydrogens is 488 g/mol. The van der Waals surface area contributed by atoms with Gasteiger partial charge in [0.2, 0.25) is 5.91 Å². The van der Waals surface area contributed by atoms with Crippen LogP contribution in [-0.2, 0) is 22.5 Å². The van der Waals surface area contributed by atoms with Crippen molar-refractivity contribution in [3.63, 3.8) is 0 Å². The molecule has 0 aliphatic heterocycles. The number of carbonyl (C=O) groups excluding carboxylic acids is 3. The smallest absolute Gasteiger partial charge is 0.434 e. The van der Waals surface area contributed by atoms with Crippen LogP contribution in [0, 0.1) is 0 Å². The van der Waals surface area contributed by atoms with E-state index in [0.717, 1.165) is 15.6 Å². The Hall–Kier alpha value is -3.65. The van der Waals surface area contributed by atoms with Gasteiger partial charge in [-0.1, -0.05) is 46.3 Å². The lowest BCUT2D eigenvalue weighted by Gasteiger charge is -2.12. The van der Waals surface area contributed by atoms with Gasteiger partial charge in [-0.05, 0) is 60.5 Å². The molecule has 0 heterocycles. The number of hydrogen-bond donors (Lipinski definition) is 2. The molecule has 0 unspecified atom stereocenters. The molecule has 7 nitrogen and oxygen atoms in total. The standard InChI is InChI=1S/C25H23BrN2O5/c1-2-32-25(31)33-21-12-10-18(11-13-21)24(30)27-16-19-7-3-4-9-22(19)28-23(29)15-17-6-5-8-20(26)14-17/h3-14H,2,15-16H2,1H3,(H,27,30)(H,28,29). The van der Waals surface area contributed by atoms with E-state index in [-0.39, 0.29) is 37.1 Å². The summed E-state index contributed by atoms with van der Waals surface area (Å²) in [5.41, 5.74) is 2.71. The van der Waals surface area contributed by atoms with Crippen molar-refractivity contribution in [1.29, 1.82) is 0 Å². The molecule has 0 saturated carbocycles. The van der Waals surface area contributed by atoms with Gasteiger partial charge in [0.25, 0.3) is 5.91 Å². The largest absolute Gasteiger partial charge is 0.513 e. The second-order valence-electron chi connectivity index (χ2n) is 7.00. The van der Waals surface area contributed by atoms with Crippen molar-refractivity contribution >= 4 is 39.6 Å². The molecule has 0 aliphatic rings. The average Bonchev–Trinajstić information content (AvgIpc) is 2.79. The molecule has 0 saturated heterocycles. The number of amides is 2. The van der Waals surface area contributed by atoms with Crippen LogP contribution in [0.3, 0.4) is 0 Å². The molecule has 0 bridgehead atoms. The number of benzene rings is 3. The first-order valence-electron chi connectivity index (χ1n) is 10.3. The molecular formula is C25H23BrN2O5. The Morgan fingerprint density at radius 2 is 1.70 bits per heavy atom. The van der Waals surface area contributed by atoms with E-state index in [1.54, 1.807) is 25.1 Å². The summed E-state index contributed by atoms with van der Waals surface area (Å²) in [5.74, 6) is -0.166. The quantitative estimate of drug-likeness (QED) is 0.325. The SMILES string of the molecule is CCOC(=O)Oc1ccc(C(=O)NCc2ccccc2NC(=O)Cc2cccc(Br)c2)cc1. The first kappa shape index (κ1) is 24.0. The number of hydrogen-bond acceptors (Lipinski definition) is 5. The molecule has 3 rings (SSSR count). The molecule has 33 heavy (non-hydrogen) atoms. The monoisotopic (exact) mass is 510 g/mol. The first-order chi connectivity index (χ1) is 15.9. The molecule has 8 heteroatoms. The van der Waals surface area contributed by atoms with Gasteiger partial charge in [0, 0.05) is 22.3 Å². The first-order valence-corrected chi connectivity index (χ1v) is 11.1. The van der Waals surface area contributed by atoms with Crippen molar-refractivity contribution in [2.45, 2.75) is 19.9 Å². The minimum absolute atomic E-state index is 0.149. The van der Waals surface area contributed by atoms with Gasteiger partial charge >= 0.3 is 6.16 Å². The minimum atomic E-state index is -0.798. The molecule has 0 aliphatic carbocycles. The summed E-state index contributed by atoms with van der Waals surface area (Å²) in [6.07, 6.45) is -0.561. The summed E-state index contributed by atoms with van der Waals surface area (Å²) in [7, 11) is 0. The van der Waals surface area contributed by atoms with Gasteiger partial charge < -0.3 is 20.1 Å². The van der Waals surface area contributed by atoms with E-state index in [1.165, 1.54) is 12.1 Å². The topological polar surface area (TPSA) is 93.7 Å². The van der Waals surface area contributed by atoms with Crippen LogP contribution < -0.4 is 15.4 Å². The van der Waals surface area contributed by atoms with Crippen LogP contribution >= 0.6 is 15.9 Å². The summed E-state index contributed by atoms with van der Waals surface area (Å²) in [6, 6.07) is 21.0. The highest BCUT2D eigenvalue weighted by molar-refractivity contribution is 9.10. The van der Waals surface area contributed by atoms with Crippen molar-refractivity contribution in [3.05, 3.63) is 94.0 Å².